The third-order valence-electron chi connectivity index (χ3n) is 7.53. The van der Waals surface area contributed by atoms with Crippen molar-refractivity contribution in [1.82, 2.24) is 15.5 Å². The summed E-state index contributed by atoms with van der Waals surface area (Å²) in [6.07, 6.45) is 6.82. The molecule has 2 aliphatic rings. The molecular formula is C30H37N3O3S. The number of piperidine rings is 1. The molecule has 2 unspecified atom stereocenters. The molecule has 196 valence electrons. The standard InChI is InChI=1S/C30H37N3O3S/c1-4-17-30(3,5-2)31-18-7-8-21-11-13-22(14-12-21)20-37-26-10-6-9-23-24(26)19-33(29(23)36)25-15-16-27(34)32-28(25)35/h4,6,9-14,25,31H,1,5,7-8,15-20H2,2-3H3,(H,32,34,35). The van der Waals surface area contributed by atoms with Gasteiger partial charge in [-0.05, 0) is 74.4 Å². The fourth-order valence-electron chi connectivity index (χ4n) is 5.00. The van der Waals surface area contributed by atoms with Crippen molar-refractivity contribution in [2.24, 2.45) is 0 Å². The first-order chi connectivity index (χ1) is 17.8. The maximum Gasteiger partial charge on any atom is 0.255 e. The zero-order chi connectivity index (χ0) is 26.4. The van der Waals surface area contributed by atoms with E-state index in [1.165, 1.54) is 11.1 Å². The number of aryl methyl sites for hydroxylation is 1. The van der Waals surface area contributed by atoms with Gasteiger partial charge < -0.3 is 10.2 Å². The Hall–Kier alpha value is -2.90. The van der Waals surface area contributed by atoms with E-state index in [1.807, 2.05) is 24.3 Å². The summed E-state index contributed by atoms with van der Waals surface area (Å²) >= 11 is 1.72. The number of nitrogens with zero attached hydrogens (tertiary/aromatic N) is 1. The smallest absolute Gasteiger partial charge is 0.255 e. The van der Waals surface area contributed by atoms with Crippen molar-refractivity contribution in [2.75, 3.05) is 6.54 Å². The van der Waals surface area contributed by atoms with E-state index in [9.17, 15) is 14.4 Å². The molecular weight excluding hydrogens is 482 g/mol. The van der Waals surface area contributed by atoms with Crippen molar-refractivity contribution in [3.05, 3.63) is 77.4 Å². The Kier molecular flexibility index (Phi) is 8.87. The minimum absolute atomic E-state index is 0.129. The predicted octanol–water partition coefficient (Wildman–Crippen LogP) is 5.01. The van der Waals surface area contributed by atoms with Crippen LogP contribution in [0, 0.1) is 0 Å². The van der Waals surface area contributed by atoms with E-state index in [1.54, 1.807) is 16.7 Å². The molecule has 1 saturated heterocycles. The lowest BCUT2D eigenvalue weighted by atomic mass is 9.94. The summed E-state index contributed by atoms with van der Waals surface area (Å²) in [7, 11) is 0. The first-order valence-corrected chi connectivity index (χ1v) is 14.1. The van der Waals surface area contributed by atoms with Crippen molar-refractivity contribution in [3.8, 4) is 0 Å². The number of nitrogens with one attached hydrogen (secondary N) is 2. The highest BCUT2D eigenvalue weighted by Crippen LogP contribution is 2.35. The van der Waals surface area contributed by atoms with Crippen molar-refractivity contribution in [1.29, 1.82) is 0 Å². The molecule has 2 atom stereocenters. The SMILES string of the molecule is C=CCC(C)(CC)NCCCc1ccc(CSc2cccc3c2CN(C2CCC(=O)NC2=O)C3=O)cc1. The van der Waals surface area contributed by atoms with Crippen LogP contribution in [0.3, 0.4) is 0 Å². The monoisotopic (exact) mass is 519 g/mol. The van der Waals surface area contributed by atoms with Gasteiger partial charge in [0.2, 0.25) is 11.8 Å². The molecule has 2 aromatic rings. The van der Waals surface area contributed by atoms with Crippen LogP contribution in [0.25, 0.3) is 0 Å². The fraction of sp³-hybridized carbons (Fsp3) is 0.433. The summed E-state index contributed by atoms with van der Waals surface area (Å²) in [5.41, 5.74) is 4.33. The lowest BCUT2D eigenvalue weighted by Gasteiger charge is -2.29. The molecule has 0 aromatic heterocycles. The number of hydrogen-bond acceptors (Lipinski definition) is 5. The zero-order valence-corrected chi connectivity index (χ0v) is 22.7. The molecule has 0 spiro atoms. The average molecular weight is 520 g/mol. The summed E-state index contributed by atoms with van der Waals surface area (Å²) in [5.74, 6) is 0.0295. The third-order valence-corrected chi connectivity index (χ3v) is 8.70. The topological polar surface area (TPSA) is 78.5 Å². The Morgan fingerprint density at radius 2 is 1.92 bits per heavy atom. The molecule has 2 aliphatic heterocycles. The lowest BCUT2D eigenvalue weighted by molar-refractivity contribution is -0.136. The highest BCUT2D eigenvalue weighted by molar-refractivity contribution is 7.98. The van der Waals surface area contributed by atoms with E-state index in [2.05, 4.69) is 55.3 Å². The quantitative estimate of drug-likeness (QED) is 0.178. The molecule has 0 aliphatic carbocycles. The lowest BCUT2D eigenvalue weighted by Crippen LogP contribution is -2.52. The number of hydrogen-bond donors (Lipinski definition) is 2. The van der Waals surface area contributed by atoms with Crippen LogP contribution in [-0.2, 0) is 28.3 Å². The van der Waals surface area contributed by atoms with Crippen LogP contribution in [0.15, 0.2) is 60.0 Å². The first-order valence-electron chi connectivity index (χ1n) is 13.2. The molecule has 0 saturated carbocycles. The average Bonchev–Trinajstić information content (AvgIpc) is 3.23. The molecule has 2 aromatic carbocycles. The van der Waals surface area contributed by atoms with Crippen LogP contribution < -0.4 is 10.6 Å². The normalized spacial score (nSPS) is 18.9. The summed E-state index contributed by atoms with van der Waals surface area (Å²) in [6, 6.07) is 14.0. The maximum absolute atomic E-state index is 13.0. The van der Waals surface area contributed by atoms with Crippen molar-refractivity contribution in [2.45, 2.75) is 81.1 Å². The summed E-state index contributed by atoms with van der Waals surface area (Å²) < 4.78 is 0. The van der Waals surface area contributed by atoms with Crippen LogP contribution >= 0.6 is 11.8 Å². The maximum atomic E-state index is 13.0. The molecule has 4 rings (SSSR count). The van der Waals surface area contributed by atoms with E-state index in [-0.39, 0.29) is 29.7 Å². The zero-order valence-electron chi connectivity index (χ0n) is 21.8. The minimum atomic E-state index is -0.587. The number of carbonyl (C=O) groups is 3. The molecule has 0 bridgehead atoms. The van der Waals surface area contributed by atoms with E-state index in [0.29, 0.717) is 18.5 Å². The Morgan fingerprint density at radius 1 is 1.16 bits per heavy atom. The van der Waals surface area contributed by atoms with Gasteiger partial charge >= 0.3 is 0 Å². The molecule has 0 radical (unpaired) electrons. The highest BCUT2D eigenvalue weighted by atomic mass is 32.2. The van der Waals surface area contributed by atoms with E-state index >= 15 is 0 Å². The van der Waals surface area contributed by atoms with Crippen LogP contribution in [-0.4, -0.2) is 40.7 Å². The van der Waals surface area contributed by atoms with Crippen LogP contribution in [0.2, 0.25) is 0 Å². The number of imide groups is 1. The molecule has 2 N–H and O–H groups in total. The van der Waals surface area contributed by atoms with Crippen LogP contribution in [0.4, 0.5) is 0 Å². The molecule has 2 heterocycles. The van der Waals surface area contributed by atoms with Gasteiger partial charge in [0.05, 0.1) is 0 Å². The number of thioether (sulfide) groups is 1. The number of rotatable bonds is 12. The van der Waals surface area contributed by atoms with E-state index in [4.69, 9.17) is 0 Å². The van der Waals surface area contributed by atoms with E-state index < -0.39 is 6.04 Å². The first kappa shape index (κ1) is 27.1. The van der Waals surface area contributed by atoms with E-state index in [0.717, 1.165) is 48.4 Å². The molecule has 3 amide bonds. The summed E-state index contributed by atoms with van der Waals surface area (Å²) in [5, 5.41) is 6.05. The second-order valence-corrected chi connectivity index (χ2v) is 11.2. The Labute approximate surface area is 224 Å². The van der Waals surface area contributed by atoms with Gasteiger partial charge in [-0.3, -0.25) is 19.7 Å². The number of benzene rings is 2. The second kappa shape index (κ2) is 12.1. The van der Waals surface area contributed by atoms with Gasteiger partial charge in [0.15, 0.2) is 0 Å². The molecule has 7 heteroatoms. The molecule has 37 heavy (non-hydrogen) atoms. The van der Waals surface area contributed by atoms with Crippen molar-refractivity contribution >= 4 is 29.5 Å². The van der Waals surface area contributed by atoms with Gasteiger partial charge in [0.1, 0.15) is 6.04 Å². The molecule has 6 nitrogen and oxygen atoms in total. The third kappa shape index (κ3) is 6.51. The largest absolute Gasteiger partial charge is 0.322 e. The van der Waals surface area contributed by atoms with Gasteiger partial charge in [-0.1, -0.05) is 43.3 Å². The number of amides is 3. The van der Waals surface area contributed by atoms with Gasteiger partial charge in [-0.15, -0.1) is 18.3 Å². The summed E-state index contributed by atoms with van der Waals surface area (Å²) in [4.78, 5) is 39.6. The molecule has 1 fully saturated rings. The highest BCUT2D eigenvalue weighted by Gasteiger charge is 2.39. The van der Waals surface area contributed by atoms with Gasteiger partial charge in [-0.25, -0.2) is 0 Å². The van der Waals surface area contributed by atoms with Crippen molar-refractivity contribution < 1.29 is 14.4 Å². The number of fused-ring (bicyclic) bond motifs is 1. The van der Waals surface area contributed by atoms with Crippen LogP contribution in [0.1, 0.15) is 73.0 Å². The van der Waals surface area contributed by atoms with Gasteiger partial charge in [0.25, 0.3) is 5.91 Å². The Bertz CT molecular complexity index is 1160. The Balaban J connectivity index is 1.30. The van der Waals surface area contributed by atoms with Crippen LogP contribution in [0.5, 0.6) is 0 Å². The Morgan fingerprint density at radius 3 is 2.62 bits per heavy atom. The fourth-order valence-corrected chi connectivity index (χ4v) is 6.04. The van der Waals surface area contributed by atoms with Gasteiger partial charge in [-0.2, -0.15) is 0 Å². The van der Waals surface area contributed by atoms with Crippen molar-refractivity contribution in [3.63, 3.8) is 0 Å². The minimum Gasteiger partial charge on any atom is -0.322 e. The predicted molar refractivity (Wildman–Crippen MR) is 148 cm³/mol. The van der Waals surface area contributed by atoms with Gasteiger partial charge in [0, 0.05) is 34.7 Å². The second-order valence-electron chi connectivity index (χ2n) is 10.2. The summed E-state index contributed by atoms with van der Waals surface area (Å²) in [6.45, 7) is 9.74. The number of carbonyl (C=O) groups excluding carboxylic acids is 3.